The Labute approximate surface area is 105 Å². The second kappa shape index (κ2) is 4.31. The Balaban J connectivity index is 1.87. The zero-order valence-electron chi connectivity index (χ0n) is 10.2. The summed E-state index contributed by atoms with van der Waals surface area (Å²) < 4.78 is 7.32. The first-order valence-corrected chi connectivity index (χ1v) is 5.93. The molecule has 92 valence electrons. The van der Waals surface area contributed by atoms with Gasteiger partial charge in [-0.05, 0) is 23.8 Å². The Kier molecular flexibility index (Phi) is 2.64. The molecule has 0 amide bonds. The summed E-state index contributed by atoms with van der Waals surface area (Å²) in [6.07, 6.45) is 6.15. The van der Waals surface area contributed by atoms with Crippen molar-refractivity contribution in [2.24, 2.45) is 12.8 Å². The highest BCUT2D eigenvalue weighted by Crippen LogP contribution is 2.22. The standard InChI is InChI=1S/C14H15N3O/c1-17-6-5-16-14(17)9-12(15)10-2-3-13-11(8-10)4-7-18-13/h2-8,12H,9,15H2,1H3. The Bertz CT molecular complexity index is 668. The van der Waals surface area contributed by atoms with Crippen LogP contribution in [0.3, 0.4) is 0 Å². The van der Waals surface area contributed by atoms with Crippen molar-refractivity contribution in [3.63, 3.8) is 0 Å². The molecule has 2 N–H and O–H groups in total. The Morgan fingerprint density at radius 2 is 2.28 bits per heavy atom. The minimum Gasteiger partial charge on any atom is -0.464 e. The van der Waals surface area contributed by atoms with Gasteiger partial charge in [-0.25, -0.2) is 4.98 Å². The lowest BCUT2D eigenvalue weighted by molar-refractivity contribution is 0.615. The van der Waals surface area contributed by atoms with Crippen LogP contribution in [0, 0.1) is 0 Å². The maximum Gasteiger partial charge on any atom is 0.133 e. The van der Waals surface area contributed by atoms with E-state index in [-0.39, 0.29) is 6.04 Å². The summed E-state index contributed by atoms with van der Waals surface area (Å²) >= 11 is 0. The fraction of sp³-hybridized carbons (Fsp3) is 0.214. The van der Waals surface area contributed by atoms with Gasteiger partial charge in [0, 0.05) is 37.3 Å². The van der Waals surface area contributed by atoms with Crippen molar-refractivity contribution >= 4 is 11.0 Å². The van der Waals surface area contributed by atoms with Crippen LogP contribution in [-0.4, -0.2) is 9.55 Å². The molecule has 2 heterocycles. The zero-order valence-corrected chi connectivity index (χ0v) is 10.2. The molecule has 4 heteroatoms. The summed E-state index contributed by atoms with van der Waals surface area (Å²) in [6.45, 7) is 0. The van der Waals surface area contributed by atoms with E-state index < -0.39 is 0 Å². The number of hydrogen-bond donors (Lipinski definition) is 1. The van der Waals surface area contributed by atoms with Gasteiger partial charge in [-0.2, -0.15) is 0 Å². The minimum atomic E-state index is -0.0506. The molecule has 0 aliphatic carbocycles. The number of rotatable bonds is 3. The van der Waals surface area contributed by atoms with E-state index in [1.165, 1.54) is 0 Å². The van der Waals surface area contributed by atoms with Gasteiger partial charge < -0.3 is 14.7 Å². The molecule has 18 heavy (non-hydrogen) atoms. The Hall–Kier alpha value is -2.07. The van der Waals surface area contributed by atoms with Gasteiger partial charge in [-0.15, -0.1) is 0 Å². The van der Waals surface area contributed by atoms with E-state index in [1.807, 2.05) is 36.0 Å². The molecular weight excluding hydrogens is 226 g/mol. The molecule has 3 aromatic rings. The van der Waals surface area contributed by atoms with E-state index in [0.29, 0.717) is 0 Å². The number of aromatic nitrogens is 2. The van der Waals surface area contributed by atoms with Gasteiger partial charge in [-0.1, -0.05) is 6.07 Å². The second-order valence-electron chi connectivity index (χ2n) is 4.48. The molecular formula is C14H15N3O. The molecule has 0 aliphatic heterocycles. The normalized spacial score (nSPS) is 13.0. The number of nitrogens with zero attached hydrogens (tertiary/aromatic N) is 2. The highest BCUT2D eigenvalue weighted by Gasteiger charge is 2.11. The van der Waals surface area contributed by atoms with E-state index in [9.17, 15) is 0 Å². The van der Waals surface area contributed by atoms with E-state index in [2.05, 4.69) is 11.1 Å². The van der Waals surface area contributed by atoms with E-state index >= 15 is 0 Å². The van der Waals surface area contributed by atoms with Crippen LogP contribution in [0.25, 0.3) is 11.0 Å². The second-order valence-corrected chi connectivity index (χ2v) is 4.48. The lowest BCUT2D eigenvalue weighted by Gasteiger charge is -2.11. The molecule has 0 spiro atoms. The summed E-state index contributed by atoms with van der Waals surface area (Å²) in [7, 11) is 1.98. The average Bonchev–Trinajstić information content (AvgIpc) is 2.98. The molecule has 2 aromatic heterocycles. The van der Waals surface area contributed by atoms with Gasteiger partial charge in [-0.3, -0.25) is 0 Å². The molecule has 1 unspecified atom stereocenters. The fourth-order valence-corrected chi connectivity index (χ4v) is 2.12. The number of nitrogens with two attached hydrogens (primary N) is 1. The first kappa shape index (κ1) is 11.0. The van der Waals surface area contributed by atoms with Crippen molar-refractivity contribution in [2.45, 2.75) is 12.5 Å². The molecule has 0 radical (unpaired) electrons. The molecule has 1 atom stereocenters. The summed E-state index contributed by atoms with van der Waals surface area (Å²) in [5, 5.41) is 1.09. The number of benzene rings is 1. The molecule has 3 rings (SSSR count). The van der Waals surface area contributed by atoms with Crippen molar-refractivity contribution in [1.82, 2.24) is 9.55 Å². The molecule has 0 saturated heterocycles. The Morgan fingerprint density at radius 3 is 3.06 bits per heavy atom. The third kappa shape index (κ3) is 1.91. The van der Waals surface area contributed by atoms with Gasteiger partial charge in [0.25, 0.3) is 0 Å². The number of hydrogen-bond acceptors (Lipinski definition) is 3. The fourth-order valence-electron chi connectivity index (χ4n) is 2.12. The summed E-state index contributed by atoms with van der Waals surface area (Å²) in [6, 6.07) is 7.95. The smallest absolute Gasteiger partial charge is 0.133 e. The number of aryl methyl sites for hydroxylation is 1. The molecule has 4 nitrogen and oxygen atoms in total. The number of fused-ring (bicyclic) bond motifs is 1. The third-order valence-electron chi connectivity index (χ3n) is 3.23. The van der Waals surface area contributed by atoms with Crippen LogP contribution >= 0.6 is 0 Å². The van der Waals surface area contributed by atoms with Crippen LogP contribution in [0.1, 0.15) is 17.4 Å². The zero-order chi connectivity index (χ0) is 12.5. The molecule has 0 aliphatic rings. The van der Waals surface area contributed by atoms with Gasteiger partial charge in [0.05, 0.1) is 6.26 Å². The van der Waals surface area contributed by atoms with Crippen LogP contribution < -0.4 is 5.73 Å². The SMILES string of the molecule is Cn1ccnc1CC(N)c1ccc2occc2c1. The minimum absolute atomic E-state index is 0.0506. The van der Waals surface area contributed by atoms with E-state index in [4.69, 9.17) is 10.2 Å². The van der Waals surface area contributed by atoms with Crippen molar-refractivity contribution in [2.75, 3.05) is 0 Å². The van der Waals surface area contributed by atoms with Crippen LogP contribution in [0.15, 0.2) is 47.3 Å². The first-order valence-electron chi connectivity index (χ1n) is 5.93. The topological polar surface area (TPSA) is 57.0 Å². The number of furan rings is 1. The maximum atomic E-state index is 6.23. The molecule has 0 saturated carbocycles. The van der Waals surface area contributed by atoms with Crippen molar-refractivity contribution in [1.29, 1.82) is 0 Å². The van der Waals surface area contributed by atoms with Gasteiger partial charge in [0.15, 0.2) is 0 Å². The maximum absolute atomic E-state index is 6.23. The summed E-state index contributed by atoms with van der Waals surface area (Å²) in [5.41, 5.74) is 8.23. The third-order valence-corrected chi connectivity index (χ3v) is 3.23. The number of imidazole rings is 1. The first-order chi connectivity index (χ1) is 8.74. The van der Waals surface area contributed by atoms with Crippen molar-refractivity contribution < 1.29 is 4.42 Å². The highest BCUT2D eigenvalue weighted by molar-refractivity contribution is 5.77. The van der Waals surface area contributed by atoms with Gasteiger partial charge >= 0.3 is 0 Å². The van der Waals surface area contributed by atoms with Crippen molar-refractivity contribution in [3.8, 4) is 0 Å². The van der Waals surface area contributed by atoms with Gasteiger partial charge in [0.1, 0.15) is 11.4 Å². The van der Waals surface area contributed by atoms with E-state index in [1.54, 1.807) is 12.5 Å². The quantitative estimate of drug-likeness (QED) is 0.766. The predicted octanol–water partition coefficient (Wildman–Crippen LogP) is 2.41. The lowest BCUT2D eigenvalue weighted by atomic mass is 10.0. The van der Waals surface area contributed by atoms with Crippen LogP contribution in [-0.2, 0) is 13.5 Å². The highest BCUT2D eigenvalue weighted by atomic mass is 16.3. The molecule has 1 aromatic carbocycles. The summed E-state index contributed by atoms with van der Waals surface area (Å²) in [4.78, 5) is 4.30. The summed E-state index contributed by atoms with van der Waals surface area (Å²) in [5.74, 6) is 0.995. The monoisotopic (exact) mass is 241 g/mol. The van der Waals surface area contributed by atoms with E-state index in [0.717, 1.165) is 28.8 Å². The average molecular weight is 241 g/mol. The van der Waals surface area contributed by atoms with Gasteiger partial charge in [0.2, 0.25) is 0 Å². The van der Waals surface area contributed by atoms with Crippen LogP contribution in [0.4, 0.5) is 0 Å². The van der Waals surface area contributed by atoms with Crippen LogP contribution in [0.5, 0.6) is 0 Å². The molecule has 0 bridgehead atoms. The lowest BCUT2D eigenvalue weighted by Crippen LogP contribution is -2.15. The van der Waals surface area contributed by atoms with Crippen LogP contribution in [0.2, 0.25) is 0 Å². The Morgan fingerprint density at radius 1 is 1.39 bits per heavy atom. The predicted molar refractivity (Wildman–Crippen MR) is 70.1 cm³/mol. The molecule has 0 fully saturated rings. The largest absolute Gasteiger partial charge is 0.464 e. The van der Waals surface area contributed by atoms with Crippen molar-refractivity contribution in [3.05, 3.63) is 54.3 Å².